The number of carbonyl (C=O) groups is 3. The largest absolute Gasteiger partial charge is 0.508 e. The number of benzene rings is 1. The van der Waals surface area contributed by atoms with Gasteiger partial charge in [0.2, 0.25) is 5.78 Å². The maximum atomic E-state index is 13.7. The monoisotopic (exact) mass is 765 g/mol. The number of likely N-dealkylation sites (N-methyl/N-ethyl adjacent to an activating group) is 1. The average Bonchev–Trinajstić information content (AvgIpc) is 3.06. The third-order valence-electron chi connectivity index (χ3n) is 10.8. The van der Waals surface area contributed by atoms with Gasteiger partial charge in [-0.3, -0.25) is 23.8 Å². The molecule has 0 radical (unpaired) electrons. The molecule has 0 bridgehead atoms. The van der Waals surface area contributed by atoms with E-state index in [1.807, 2.05) is 0 Å². The van der Waals surface area contributed by atoms with E-state index in [9.17, 15) is 48.3 Å². The van der Waals surface area contributed by atoms with Gasteiger partial charge in [0.15, 0.2) is 11.4 Å². The fraction of sp³-hybridized carbons (Fsp3) is 0.658. The average molecular weight is 766 g/mol. The summed E-state index contributed by atoms with van der Waals surface area (Å²) in [7, 11) is -0.985. The van der Waals surface area contributed by atoms with Gasteiger partial charge in [-0.15, -0.1) is 0 Å². The number of nitrogens with one attached hydrogen (secondary N) is 1. The van der Waals surface area contributed by atoms with Crippen molar-refractivity contribution in [1.82, 2.24) is 9.62 Å². The van der Waals surface area contributed by atoms with Crippen molar-refractivity contribution in [2.75, 3.05) is 20.6 Å². The summed E-state index contributed by atoms with van der Waals surface area (Å²) in [6.07, 6.45) is 17.7. The Morgan fingerprint density at radius 1 is 0.906 bits per heavy atom. The number of hydrogen-bond donors (Lipinski definition) is 8. The van der Waals surface area contributed by atoms with Crippen LogP contribution in [0.1, 0.15) is 121 Å². The predicted molar refractivity (Wildman–Crippen MR) is 200 cm³/mol. The lowest BCUT2D eigenvalue weighted by atomic mass is 9.54. The quantitative estimate of drug-likeness (QED) is 0.0585. The Labute approximate surface area is 313 Å². The van der Waals surface area contributed by atoms with Crippen LogP contribution < -0.4 is 10.5 Å². The normalized spacial score (nSPS) is 25.5. The Kier molecular flexibility index (Phi) is 15.6. The highest BCUT2D eigenvalue weighted by Crippen LogP contribution is 2.57. The van der Waals surface area contributed by atoms with Crippen molar-refractivity contribution in [3.63, 3.8) is 0 Å². The third kappa shape index (κ3) is 10.1. The highest BCUT2D eigenvalue weighted by atomic mass is 32.2. The van der Waals surface area contributed by atoms with Gasteiger partial charge in [-0.05, 0) is 45.5 Å². The first-order valence-electron chi connectivity index (χ1n) is 18.8. The van der Waals surface area contributed by atoms with Crippen LogP contribution in [-0.4, -0.2) is 93.2 Å². The van der Waals surface area contributed by atoms with Gasteiger partial charge in [0.1, 0.15) is 22.8 Å². The molecule has 0 saturated heterocycles. The van der Waals surface area contributed by atoms with Crippen LogP contribution >= 0.6 is 0 Å². The van der Waals surface area contributed by atoms with Crippen molar-refractivity contribution in [2.45, 2.75) is 127 Å². The molecule has 1 aromatic carbocycles. The van der Waals surface area contributed by atoms with Crippen LogP contribution in [0.2, 0.25) is 0 Å². The van der Waals surface area contributed by atoms with Crippen LogP contribution in [-0.2, 0) is 30.3 Å². The number of phenols is 1. The van der Waals surface area contributed by atoms with Crippen molar-refractivity contribution >= 4 is 33.5 Å². The van der Waals surface area contributed by atoms with E-state index < -0.39 is 85.3 Å². The van der Waals surface area contributed by atoms with Crippen LogP contribution in [0.25, 0.3) is 5.76 Å². The maximum absolute atomic E-state index is 13.7. The number of primary amides is 1. The molecule has 0 spiro atoms. The lowest BCUT2D eigenvalue weighted by Crippen LogP contribution is -2.67. The van der Waals surface area contributed by atoms with Crippen molar-refractivity contribution in [3.8, 4) is 5.75 Å². The number of nitrogens with zero attached hydrogens (tertiary/aromatic N) is 1. The Morgan fingerprint density at radius 3 is 1.89 bits per heavy atom. The number of aliphatic hydroxyl groups is 4. The number of rotatable bonds is 18. The minimum Gasteiger partial charge on any atom is -0.508 e. The van der Waals surface area contributed by atoms with Gasteiger partial charge in [-0.25, -0.2) is 0 Å². The molecule has 0 aromatic heterocycles. The number of aromatic hydroxyl groups is 1. The minimum absolute atomic E-state index is 0.170. The predicted octanol–water partition coefficient (Wildman–Crippen LogP) is 4.49. The van der Waals surface area contributed by atoms with Gasteiger partial charge in [-0.1, -0.05) is 103 Å². The summed E-state index contributed by atoms with van der Waals surface area (Å²) in [4.78, 5) is 40.0. The second kappa shape index (κ2) is 18.8. The zero-order chi connectivity index (χ0) is 39.7. The van der Waals surface area contributed by atoms with E-state index >= 15 is 0 Å². The van der Waals surface area contributed by atoms with Crippen LogP contribution in [0.3, 0.4) is 0 Å². The summed E-state index contributed by atoms with van der Waals surface area (Å²) in [6, 6.07) is 3.02. The molecule has 0 aliphatic heterocycles. The zero-order valence-corrected chi connectivity index (χ0v) is 32.3. The number of fused-ring (bicyclic) bond motifs is 3. The molecule has 1 saturated carbocycles. The number of amides is 1. The molecule has 4 rings (SSSR count). The molecule has 5 atom stereocenters. The van der Waals surface area contributed by atoms with Crippen molar-refractivity contribution in [2.24, 2.45) is 17.6 Å². The third-order valence-corrected chi connectivity index (χ3v) is 11.4. The van der Waals surface area contributed by atoms with Gasteiger partial charge in [0, 0.05) is 24.0 Å². The van der Waals surface area contributed by atoms with E-state index in [0.717, 1.165) is 19.3 Å². The SMILES string of the molecule is CCCCCCCCCCCCCCCCNS(=O)(=O)O.CN(C)C1C(=O)C(C(N)=O)=C(O)C2(O)C(=O)C3=C(O)c4c(O)cccc4C(C)(O)C3CC12. The number of phenolic OH excluding ortho intramolecular Hbond substituents is 1. The smallest absolute Gasteiger partial charge is 0.333 e. The molecule has 15 heteroatoms. The summed E-state index contributed by atoms with van der Waals surface area (Å²) >= 11 is 0. The molecule has 0 heterocycles. The Bertz CT molecular complexity index is 1650. The van der Waals surface area contributed by atoms with Gasteiger partial charge in [0.25, 0.3) is 5.91 Å². The van der Waals surface area contributed by atoms with E-state index in [2.05, 4.69) is 11.6 Å². The van der Waals surface area contributed by atoms with E-state index in [-0.39, 0.29) is 17.5 Å². The maximum Gasteiger partial charge on any atom is 0.333 e. The van der Waals surface area contributed by atoms with E-state index in [1.54, 1.807) is 0 Å². The fourth-order valence-corrected chi connectivity index (χ4v) is 8.42. The second-order valence-electron chi connectivity index (χ2n) is 14.9. The number of unbranched alkanes of at least 4 members (excludes halogenated alkanes) is 13. The molecule has 53 heavy (non-hydrogen) atoms. The fourth-order valence-electron chi connectivity index (χ4n) is 8.02. The lowest BCUT2D eigenvalue weighted by Gasteiger charge is -2.53. The van der Waals surface area contributed by atoms with Crippen molar-refractivity contribution in [3.05, 3.63) is 46.2 Å². The topological polar surface area (TPSA) is 248 Å². The second-order valence-corrected chi connectivity index (χ2v) is 16.2. The number of nitrogens with two attached hydrogens (primary N) is 1. The summed E-state index contributed by atoms with van der Waals surface area (Å²) in [5.41, 5.74) is -0.548. The lowest BCUT2D eigenvalue weighted by molar-refractivity contribution is -0.159. The molecule has 298 valence electrons. The number of carbonyl (C=O) groups excluding carboxylic acids is 3. The number of aliphatic hydroxyl groups excluding tert-OH is 2. The molecule has 9 N–H and O–H groups in total. The molecule has 3 aliphatic carbocycles. The first-order chi connectivity index (χ1) is 24.8. The number of ketones is 2. The Hall–Kier alpha value is -3.34. The van der Waals surface area contributed by atoms with Gasteiger partial charge < -0.3 is 31.3 Å². The van der Waals surface area contributed by atoms with Gasteiger partial charge in [0.05, 0.1) is 17.2 Å². The van der Waals surface area contributed by atoms with Crippen molar-refractivity contribution < 1.29 is 52.9 Å². The highest BCUT2D eigenvalue weighted by Gasteiger charge is 2.66. The van der Waals surface area contributed by atoms with Gasteiger partial charge >= 0.3 is 10.3 Å². The Balaban J connectivity index is 0.000000315. The summed E-state index contributed by atoms with van der Waals surface area (Å²) < 4.78 is 31.4. The van der Waals surface area contributed by atoms with E-state index in [4.69, 9.17) is 10.3 Å². The van der Waals surface area contributed by atoms with Crippen LogP contribution in [0.5, 0.6) is 5.75 Å². The van der Waals surface area contributed by atoms with Crippen LogP contribution in [0.4, 0.5) is 0 Å². The highest BCUT2D eigenvalue weighted by molar-refractivity contribution is 7.83. The van der Waals surface area contributed by atoms with Crippen molar-refractivity contribution in [1.29, 1.82) is 0 Å². The van der Waals surface area contributed by atoms with E-state index in [1.165, 1.54) is 115 Å². The molecule has 1 fully saturated rings. The summed E-state index contributed by atoms with van der Waals surface area (Å²) in [6.45, 7) is 4.00. The zero-order valence-electron chi connectivity index (χ0n) is 31.4. The standard InChI is InChI=1S/C22H24N2O8.C16H35NO3S/c1-21(31)8-5-4-6-11(25)12(8)16(26)13-9(21)7-10-15(24(2)3)17(27)14(20(23)30)19(29)22(10,32)18(13)28;1-2-3-4-5-6-7-8-9-10-11-12-13-14-15-16-17-21(18,19)20/h4-6,9-10,15,25-26,29,31-32H,7H2,1-3H3,(H2,23,30);17H,2-16H2,1H3,(H,18,19,20). The first kappa shape index (κ1) is 44.1. The van der Waals surface area contributed by atoms with Crippen LogP contribution in [0.15, 0.2) is 35.1 Å². The molecular weight excluding hydrogens is 706 g/mol. The first-order valence-corrected chi connectivity index (χ1v) is 20.2. The molecule has 14 nitrogen and oxygen atoms in total. The molecule has 3 aliphatic rings. The molecule has 5 unspecified atom stereocenters. The number of Topliss-reactive ketones (excluding diaryl/α,β-unsaturated/α-hetero) is 2. The van der Waals surface area contributed by atoms with E-state index in [0.29, 0.717) is 6.54 Å². The molecule has 1 aromatic rings. The molecule has 1 amide bonds. The Morgan fingerprint density at radius 2 is 1.42 bits per heavy atom. The number of hydrogen-bond acceptors (Lipinski definition) is 11. The molecular formula is C38H59N3O11S. The summed E-state index contributed by atoms with van der Waals surface area (Å²) in [5, 5.41) is 54.9. The minimum atomic E-state index is -3.99. The summed E-state index contributed by atoms with van der Waals surface area (Å²) in [5.74, 6) is -7.90. The van der Waals surface area contributed by atoms with Crippen LogP contribution in [0, 0.1) is 11.8 Å². The van der Waals surface area contributed by atoms with Gasteiger partial charge in [-0.2, -0.15) is 13.1 Å².